The highest BCUT2D eigenvalue weighted by molar-refractivity contribution is 5.85. The zero-order valence-electron chi connectivity index (χ0n) is 10.4. The summed E-state index contributed by atoms with van der Waals surface area (Å²) in [5.41, 5.74) is 5.56. The third-order valence-electron chi connectivity index (χ3n) is 4.17. The van der Waals surface area contributed by atoms with Gasteiger partial charge >= 0.3 is 0 Å². The van der Waals surface area contributed by atoms with E-state index in [-0.39, 0.29) is 16.9 Å². The molecule has 0 aromatic heterocycles. The van der Waals surface area contributed by atoms with E-state index in [2.05, 4.69) is 24.1 Å². The van der Waals surface area contributed by atoms with Crippen molar-refractivity contribution in [2.45, 2.75) is 38.6 Å². The van der Waals surface area contributed by atoms with Gasteiger partial charge < -0.3 is 11.1 Å². The molecule has 1 amide bonds. The molecular formula is C12H23N3O. The van der Waals surface area contributed by atoms with E-state index < -0.39 is 0 Å². The van der Waals surface area contributed by atoms with Gasteiger partial charge in [0.25, 0.3) is 0 Å². The summed E-state index contributed by atoms with van der Waals surface area (Å²) < 4.78 is 0. The minimum absolute atomic E-state index is 0.125. The summed E-state index contributed by atoms with van der Waals surface area (Å²) in [5.74, 6) is -0.125. The summed E-state index contributed by atoms with van der Waals surface area (Å²) in [4.78, 5) is 14.2. The lowest BCUT2D eigenvalue weighted by Crippen LogP contribution is -2.61. The summed E-state index contributed by atoms with van der Waals surface area (Å²) in [6.07, 6.45) is 2.94. The van der Waals surface area contributed by atoms with Gasteiger partial charge in [0, 0.05) is 26.2 Å². The number of carbonyl (C=O) groups excluding carboxylic acids is 1. The van der Waals surface area contributed by atoms with Crippen molar-refractivity contribution in [1.29, 1.82) is 0 Å². The first-order valence-corrected chi connectivity index (χ1v) is 6.22. The van der Waals surface area contributed by atoms with E-state index in [1.54, 1.807) is 0 Å². The molecule has 4 heteroatoms. The molecule has 92 valence electrons. The molecule has 1 aliphatic heterocycles. The maximum absolute atomic E-state index is 11.9. The molecule has 4 nitrogen and oxygen atoms in total. The quantitative estimate of drug-likeness (QED) is 0.712. The Bertz CT molecular complexity index is 284. The van der Waals surface area contributed by atoms with Crippen molar-refractivity contribution in [3.63, 3.8) is 0 Å². The average Bonchev–Trinajstić information content (AvgIpc) is 2.57. The molecule has 1 saturated heterocycles. The van der Waals surface area contributed by atoms with Gasteiger partial charge in [-0.1, -0.05) is 13.8 Å². The Morgan fingerprint density at radius 2 is 1.88 bits per heavy atom. The van der Waals surface area contributed by atoms with Crippen LogP contribution in [0.3, 0.4) is 0 Å². The van der Waals surface area contributed by atoms with E-state index in [0.29, 0.717) is 0 Å². The number of nitrogens with zero attached hydrogens (tertiary/aromatic N) is 1. The topological polar surface area (TPSA) is 58.4 Å². The zero-order valence-corrected chi connectivity index (χ0v) is 10.4. The van der Waals surface area contributed by atoms with Crippen molar-refractivity contribution in [1.82, 2.24) is 10.2 Å². The van der Waals surface area contributed by atoms with E-state index in [4.69, 9.17) is 5.73 Å². The fraction of sp³-hybridized carbons (Fsp3) is 0.917. The Balaban J connectivity index is 2.19. The van der Waals surface area contributed by atoms with Crippen LogP contribution < -0.4 is 11.1 Å². The van der Waals surface area contributed by atoms with Crippen molar-refractivity contribution in [3.8, 4) is 0 Å². The Morgan fingerprint density at radius 1 is 1.25 bits per heavy atom. The molecule has 2 aliphatic rings. The molecule has 3 N–H and O–H groups in total. The van der Waals surface area contributed by atoms with Crippen molar-refractivity contribution in [2.75, 3.05) is 26.2 Å². The van der Waals surface area contributed by atoms with Crippen LogP contribution in [0.5, 0.6) is 0 Å². The zero-order chi connectivity index (χ0) is 11.8. The minimum Gasteiger partial charge on any atom is -0.368 e. The lowest BCUT2D eigenvalue weighted by Gasteiger charge is -2.42. The van der Waals surface area contributed by atoms with E-state index >= 15 is 0 Å². The fourth-order valence-electron chi connectivity index (χ4n) is 3.24. The number of primary amides is 1. The Kier molecular flexibility index (Phi) is 2.97. The second-order valence-corrected chi connectivity index (χ2v) is 5.97. The number of nitrogens with one attached hydrogen (secondary N) is 1. The van der Waals surface area contributed by atoms with E-state index in [1.807, 2.05) is 0 Å². The summed E-state index contributed by atoms with van der Waals surface area (Å²) in [6.45, 7) is 8.29. The van der Waals surface area contributed by atoms with Crippen LogP contribution in [0.4, 0.5) is 0 Å². The highest BCUT2D eigenvalue weighted by Gasteiger charge is 2.51. The molecule has 2 fully saturated rings. The van der Waals surface area contributed by atoms with E-state index in [1.165, 1.54) is 0 Å². The molecule has 1 heterocycles. The molecular weight excluding hydrogens is 202 g/mol. The number of amides is 1. The van der Waals surface area contributed by atoms with Gasteiger partial charge in [0.05, 0.1) is 0 Å². The van der Waals surface area contributed by atoms with Crippen LogP contribution in [-0.4, -0.2) is 42.5 Å². The van der Waals surface area contributed by atoms with Crippen molar-refractivity contribution < 1.29 is 4.79 Å². The largest absolute Gasteiger partial charge is 0.368 e. The summed E-state index contributed by atoms with van der Waals surface area (Å²) in [7, 11) is 0. The molecule has 0 radical (unpaired) electrons. The van der Waals surface area contributed by atoms with Crippen molar-refractivity contribution in [2.24, 2.45) is 11.1 Å². The molecule has 0 spiro atoms. The molecule has 0 aromatic rings. The van der Waals surface area contributed by atoms with Crippen LogP contribution in [-0.2, 0) is 4.79 Å². The van der Waals surface area contributed by atoms with Gasteiger partial charge in [-0.15, -0.1) is 0 Å². The number of hydrogen-bond acceptors (Lipinski definition) is 3. The maximum Gasteiger partial charge on any atom is 0.237 e. The lowest BCUT2D eigenvalue weighted by atomic mass is 9.86. The highest BCUT2D eigenvalue weighted by atomic mass is 16.1. The number of rotatable bonds is 2. The van der Waals surface area contributed by atoms with Gasteiger partial charge in [0.15, 0.2) is 0 Å². The van der Waals surface area contributed by atoms with E-state index in [0.717, 1.165) is 45.4 Å². The molecule has 1 atom stereocenters. The Labute approximate surface area is 97.6 Å². The van der Waals surface area contributed by atoms with Gasteiger partial charge in [-0.25, -0.2) is 0 Å². The second-order valence-electron chi connectivity index (χ2n) is 5.97. The first-order valence-electron chi connectivity index (χ1n) is 6.22. The highest BCUT2D eigenvalue weighted by Crippen LogP contribution is 2.46. The summed E-state index contributed by atoms with van der Waals surface area (Å²) in [6, 6.07) is 0. The number of hydrogen-bond donors (Lipinski definition) is 2. The molecule has 0 aromatic carbocycles. The Hall–Kier alpha value is -0.610. The predicted octanol–water partition coefficient (Wildman–Crippen LogP) is 0.326. The fourth-order valence-corrected chi connectivity index (χ4v) is 3.24. The molecule has 1 unspecified atom stereocenters. The molecule has 1 saturated carbocycles. The third kappa shape index (κ3) is 1.96. The lowest BCUT2D eigenvalue weighted by molar-refractivity contribution is -0.131. The van der Waals surface area contributed by atoms with Gasteiger partial charge in [-0.3, -0.25) is 9.69 Å². The van der Waals surface area contributed by atoms with Crippen LogP contribution in [0, 0.1) is 5.41 Å². The smallest absolute Gasteiger partial charge is 0.237 e. The van der Waals surface area contributed by atoms with Gasteiger partial charge in [0.1, 0.15) is 5.54 Å². The number of piperazine rings is 1. The third-order valence-corrected chi connectivity index (χ3v) is 4.17. The van der Waals surface area contributed by atoms with Crippen molar-refractivity contribution in [3.05, 3.63) is 0 Å². The van der Waals surface area contributed by atoms with Gasteiger partial charge in [-0.05, 0) is 24.7 Å². The summed E-state index contributed by atoms with van der Waals surface area (Å²) >= 11 is 0. The molecule has 0 bridgehead atoms. The van der Waals surface area contributed by atoms with Crippen LogP contribution in [0.2, 0.25) is 0 Å². The molecule has 1 aliphatic carbocycles. The monoisotopic (exact) mass is 225 g/mol. The minimum atomic E-state index is -0.369. The number of carbonyl (C=O) groups is 1. The summed E-state index contributed by atoms with van der Waals surface area (Å²) in [5, 5.41) is 3.32. The van der Waals surface area contributed by atoms with Gasteiger partial charge in [0.2, 0.25) is 5.91 Å². The van der Waals surface area contributed by atoms with Crippen LogP contribution >= 0.6 is 0 Å². The van der Waals surface area contributed by atoms with Crippen LogP contribution in [0.15, 0.2) is 0 Å². The first kappa shape index (κ1) is 11.9. The maximum atomic E-state index is 11.9. The predicted molar refractivity (Wildman–Crippen MR) is 64.0 cm³/mol. The van der Waals surface area contributed by atoms with Crippen LogP contribution in [0.25, 0.3) is 0 Å². The number of nitrogens with two attached hydrogens (primary N) is 1. The average molecular weight is 225 g/mol. The standard InChI is InChI=1S/C12H23N3O/c1-11(2)3-4-12(9-11,10(13)16)15-7-5-14-6-8-15/h14H,3-9H2,1-2H3,(H2,13,16). The molecule has 2 rings (SSSR count). The van der Waals surface area contributed by atoms with E-state index in [9.17, 15) is 4.79 Å². The Morgan fingerprint density at radius 3 is 2.31 bits per heavy atom. The second kappa shape index (κ2) is 4.00. The van der Waals surface area contributed by atoms with Crippen molar-refractivity contribution >= 4 is 5.91 Å². The van der Waals surface area contributed by atoms with Gasteiger partial charge in [-0.2, -0.15) is 0 Å². The van der Waals surface area contributed by atoms with Crippen LogP contribution in [0.1, 0.15) is 33.1 Å². The first-order chi connectivity index (χ1) is 7.46. The SMILES string of the molecule is CC1(C)CCC(C(N)=O)(N2CCNCC2)C1. The normalized spacial score (nSPS) is 35.1. The molecule has 16 heavy (non-hydrogen) atoms.